The van der Waals surface area contributed by atoms with Gasteiger partial charge in [-0.1, -0.05) is 15.9 Å². The van der Waals surface area contributed by atoms with Gasteiger partial charge in [0.2, 0.25) is 0 Å². The van der Waals surface area contributed by atoms with Crippen molar-refractivity contribution >= 4 is 21.9 Å². The number of hydrogen-bond acceptors (Lipinski definition) is 10. The smallest absolute Gasteiger partial charge is 0.316 e. The number of hydrogen-bond donors (Lipinski definition) is 0. The van der Waals surface area contributed by atoms with Crippen molar-refractivity contribution in [3.63, 3.8) is 0 Å². The molecule has 10 nitrogen and oxygen atoms in total. The molecule has 0 aliphatic carbocycles. The van der Waals surface area contributed by atoms with Crippen LogP contribution in [0, 0.1) is 0 Å². The van der Waals surface area contributed by atoms with Gasteiger partial charge in [0.15, 0.2) is 0 Å². The Kier molecular flexibility index (Phi) is 26.3. The second-order valence-corrected chi connectivity index (χ2v) is 6.19. The van der Waals surface area contributed by atoms with Gasteiger partial charge in [-0.25, -0.2) is 0 Å². The SMILES string of the molecule is COCCOCCOCCOCCOCCOCCOCCOCCOC(=O)CBr. The molecule has 0 N–H and O–H groups in total. The minimum Gasteiger partial charge on any atom is -0.463 e. The molecule has 0 atom stereocenters. The zero-order valence-electron chi connectivity index (χ0n) is 18.0. The van der Waals surface area contributed by atoms with Crippen LogP contribution in [0.25, 0.3) is 0 Å². The first-order valence-electron chi connectivity index (χ1n) is 10.1. The summed E-state index contributed by atoms with van der Waals surface area (Å²) in [7, 11) is 1.64. The zero-order chi connectivity index (χ0) is 22.0. The molecule has 0 radical (unpaired) electrons. The lowest BCUT2D eigenvalue weighted by atomic mass is 10.6. The molecule has 11 heteroatoms. The van der Waals surface area contributed by atoms with E-state index in [1.54, 1.807) is 7.11 Å². The maximum atomic E-state index is 10.8. The standard InChI is InChI=1S/C19H37BrO10/c1-22-2-3-23-4-5-24-6-7-25-8-9-26-10-11-27-12-13-28-14-15-29-16-17-30-19(21)18-20/h2-18H2,1H3. The molecule has 0 aromatic carbocycles. The van der Waals surface area contributed by atoms with Gasteiger partial charge >= 0.3 is 5.97 Å². The van der Waals surface area contributed by atoms with Crippen molar-refractivity contribution in [2.45, 2.75) is 0 Å². The summed E-state index contributed by atoms with van der Waals surface area (Å²) in [6, 6.07) is 0. The predicted molar refractivity (Wildman–Crippen MR) is 112 cm³/mol. The largest absolute Gasteiger partial charge is 0.463 e. The summed E-state index contributed by atoms with van der Waals surface area (Å²) in [6.45, 7) is 7.90. The zero-order valence-corrected chi connectivity index (χ0v) is 19.6. The predicted octanol–water partition coefficient (Wildman–Crippen LogP) is 0.687. The van der Waals surface area contributed by atoms with Gasteiger partial charge in [-0.3, -0.25) is 4.79 Å². The molecule has 0 rings (SSSR count). The van der Waals surface area contributed by atoms with Crippen LogP contribution in [0.2, 0.25) is 0 Å². The van der Waals surface area contributed by atoms with Crippen LogP contribution in [0.1, 0.15) is 0 Å². The molecular formula is C19H37BrO10. The number of methoxy groups -OCH3 is 1. The van der Waals surface area contributed by atoms with E-state index in [2.05, 4.69) is 15.9 Å². The van der Waals surface area contributed by atoms with E-state index in [9.17, 15) is 4.79 Å². The first-order chi connectivity index (χ1) is 14.8. The van der Waals surface area contributed by atoms with Crippen molar-refractivity contribution in [3.05, 3.63) is 0 Å². The van der Waals surface area contributed by atoms with E-state index >= 15 is 0 Å². The van der Waals surface area contributed by atoms with Gasteiger partial charge in [0.05, 0.1) is 99.1 Å². The van der Waals surface area contributed by atoms with Crippen molar-refractivity contribution in [1.82, 2.24) is 0 Å². The number of rotatable bonds is 25. The molecule has 0 aromatic heterocycles. The van der Waals surface area contributed by atoms with Crippen LogP contribution in [0.3, 0.4) is 0 Å². The van der Waals surface area contributed by atoms with Gasteiger partial charge in [0, 0.05) is 7.11 Å². The second kappa shape index (κ2) is 26.7. The Balaban J connectivity index is 3.01. The molecule has 0 spiro atoms. The summed E-state index contributed by atoms with van der Waals surface area (Å²) in [5.74, 6) is -0.301. The molecule has 0 aromatic rings. The molecule has 0 saturated carbocycles. The highest BCUT2D eigenvalue weighted by atomic mass is 79.9. The summed E-state index contributed by atoms with van der Waals surface area (Å²) < 4.78 is 47.1. The lowest BCUT2D eigenvalue weighted by Crippen LogP contribution is -2.15. The topological polar surface area (TPSA) is 100 Å². The maximum Gasteiger partial charge on any atom is 0.316 e. The average molecular weight is 505 g/mol. The van der Waals surface area contributed by atoms with Crippen LogP contribution in [0.4, 0.5) is 0 Å². The molecule has 0 aliphatic rings. The Morgan fingerprint density at radius 3 is 1.03 bits per heavy atom. The molecule has 0 bridgehead atoms. The third kappa shape index (κ3) is 25.7. The van der Waals surface area contributed by atoms with Crippen molar-refractivity contribution in [3.8, 4) is 0 Å². The van der Waals surface area contributed by atoms with Gasteiger partial charge in [0.1, 0.15) is 11.9 Å². The molecule has 180 valence electrons. The highest BCUT2D eigenvalue weighted by Crippen LogP contribution is 1.87. The van der Waals surface area contributed by atoms with E-state index in [1.807, 2.05) is 0 Å². The lowest BCUT2D eigenvalue weighted by Gasteiger charge is -2.08. The summed E-state index contributed by atoms with van der Waals surface area (Å²) >= 11 is 3.01. The first kappa shape index (κ1) is 29.6. The van der Waals surface area contributed by atoms with Gasteiger partial charge in [-0.15, -0.1) is 0 Å². The fourth-order valence-corrected chi connectivity index (χ4v) is 1.98. The number of ether oxygens (including phenoxy) is 9. The van der Waals surface area contributed by atoms with Crippen LogP contribution >= 0.6 is 15.9 Å². The summed E-state index contributed by atoms with van der Waals surface area (Å²) in [5.41, 5.74) is 0. The van der Waals surface area contributed by atoms with Crippen molar-refractivity contribution in [2.75, 3.05) is 118 Å². The van der Waals surface area contributed by atoms with E-state index in [1.165, 1.54) is 0 Å². The van der Waals surface area contributed by atoms with Crippen molar-refractivity contribution in [1.29, 1.82) is 0 Å². The van der Waals surface area contributed by atoms with E-state index in [4.69, 9.17) is 42.6 Å². The molecular weight excluding hydrogens is 468 g/mol. The van der Waals surface area contributed by atoms with E-state index in [0.29, 0.717) is 99.1 Å². The Labute approximate surface area is 187 Å². The summed E-state index contributed by atoms with van der Waals surface area (Å²) in [5, 5.41) is 0.192. The fraction of sp³-hybridized carbons (Fsp3) is 0.947. The second-order valence-electron chi connectivity index (χ2n) is 5.63. The monoisotopic (exact) mass is 504 g/mol. The first-order valence-corrected chi connectivity index (χ1v) is 11.2. The van der Waals surface area contributed by atoms with E-state index in [0.717, 1.165) is 0 Å². The fourth-order valence-electron chi connectivity index (χ4n) is 1.82. The molecule has 0 unspecified atom stereocenters. The summed E-state index contributed by atoms with van der Waals surface area (Å²) in [6.07, 6.45) is 0. The van der Waals surface area contributed by atoms with E-state index in [-0.39, 0.29) is 17.9 Å². The molecule has 0 fully saturated rings. The number of halogens is 1. The highest BCUT2D eigenvalue weighted by Gasteiger charge is 1.98. The van der Waals surface area contributed by atoms with Gasteiger partial charge in [0.25, 0.3) is 0 Å². The number of carbonyl (C=O) groups excluding carboxylic acids is 1. The van der Waals surface area contributed by atoms with Crippen LogP contribution in [-0.4, -0.2) is 124 Å². The third-order valence-electron chi connectivity index (χ3n) is 3.26. The van der Waals surface area contributed by atoms with Crippen LogP contribution in [0.5, 0.6) is 0 Å². The highest BCUT2D eigenvalue weighted by molar-refractivity contribution is 9.09. The Bertz CT molecular complexity index is 349. The molecule has 0 heterocycles. The third-order valence-corrected chi connectivity index (χ3v) is 3.72. The van der Waals surface area contributed by atoms with E-state index < -0.39 is 0 Å². The quantitative estimate of drug-likeness (QED) is 0.100. The average Bonchev–Trinajstić information content (AvgIpc) is 2.76. The molecule has 0 amide bonds. The Morgan fingerprint density at radius 1 is 0.500 bits per heavy atom. The van der Waals surface area contributed by atoms with Gasteiger partial charge in [-0.05, 0) is 0 Å². The Morgan fingerprint density at radius 2 is 0.767 bits per heavy atom. The Hall–Kier alpha value is -0.370. The van der Waals surface area contributed by atoms with Crippen LogP contribution in [-0.2, 0) is 47.4 Å². The van der Waals surface area contributed by atoms with Crippen molar-refractivity contribution < 1.29 is 47.4 Å². The lowest BCUT2D eigenvalue weighted by molar-refractivity contribution is -0.142. The summed E-state index contributed by atoms with van der Waals surface area (Å²) in [4.78, 5) is 10.8. The minimum atomic E-state index is -0.301. The minimum absolute atomic E-state index is 0.192. The van der Waals surface area contributed by atoms with Gasteiger partial charge < -0.3 is 42.6 Å². The number of carbonyl (C=O) groups is 1. The maximum absolute atomic E-state index is 10.8. The molecule has 0 aliphatic heterocycles. The van der Waals surface area contributed by atoms with Gasteiger partial charge in [-0.2, -0.15) is 0 Å². The number of esters is 1. The van der Waals surface area contributed by atoms with Crippen LogP contribution in [0.15, 0.2) is 0 Å². The number of alkyl halides is 1. The molecule has 30 heavy (non-hydrogen) atoms. The van der Waals surface area contributed by atoms with Crippen molar-refractivity contribution in [2.24, 2.45) is 0 Å². The molecule has 0 saturated heterocycles. The normalized spacial score (nSPS) is 11.1. The van der Waals surface area contributed by atoms with Crippen LogP contribution < -0.4 is 0 Å².